The van der Waals surface area contributed by atoms with E-state index in [-0.39, 0.29) is 42.5 Å². The molecule has 3 unspecified atom stereocenters. The lowest BCUT2D eigenvalue weighted by Crippen LogP contribution is -2.30. The van der Waals surface area contributed by atoms with Crippen LogP contribution in [0.4, 0.5) is 5.95 Å². The first-order valence-corrected chi connectivity index (χ1v) is 15.7. The molecule has 39 heavy (non-hydrogen) atoms. The Morgan fingerprint density at radius 3 is 2.54 bits per heavy atom. The largest absolute Gasteiger partial charge is 0.490 e. The minimum absolute atomic E-state index is 0.0285. The van der Waals surface area contributed by atoms with Gasteiger partial charge in [0.15, 0.2) is 5.65 Å². The number of hydrogen-bond acceptors (Lipinski definition) is 12. The molecular formula is C18H28N5O13P3. The molecule has 2 aromatic heterocycles. The van der Waals surface area contributed by atoms with Crippen molar-refractivity contribution in [2.45, 2.75) is 38.7 Å². The van der Waals surface area contributed by atoms with Gasteiger partial charge >= 0.3 is 23.5 Å². The number of hydrogen-bond donors (Lipinski definition) is 7. The van der Waals surface area contributed by atoms with E-state index in [0.29, 0.717) is 5.56 Å². The highest BCUT2D eigenvalue weighted by Gasteiger charge is 2.43. The predicted octanol–water partition coefficient (Wildman–Crippen LogP) is 0.289. The molecule has 218 valence electrons. The summed E-state index contributed by atoms with van der Waals surface area (Å²) in [5.41, 5.74) is 11.1. The van der Waals surface area contributed by atoms with Gasteiger partial charge in [0.05, 0.1) is 30.2 Å². The number of phosphoric acid groups is 3. The Balaban J connectivity index is 1.87. The maximum atomic E-state index is 12.6. The van der Waals surface area contributed by atoms with Crippen LogP contribution >= 0.6 is 23.5 Å². The van der Waals surface area contributed by atoms with Gasteiger partial charge in [-0.25, -0.2) is 13.7 Å². The number of rotatable bonds is 11. The highest BCUT2D eigenvalue weighted by atomic mass is 31.3. The maximum Gasteiger partial charge on any atom is 0.490 e. The molecule has 0 spiro atoms. The molecule has 18 nitrogen and oxygen atoms in total. The number of nitrogens with two attached hydrogens (primary N) is 2. The molecule has 0 radical (unpaired) electrons. The Hall–Kier alpha value is -1.93. The molecule has 3 heterocycles. The molecule has 21 heteroatoms. The van der Waals surface area contributed by atoms with Gasteiger partial charge in [-0.3, -0.25) is 14.3 Å². The van der Waals surface area contributed by atoms with Gasteiger partial charge in [0.1, 0.15) is 12.3 Å². The third-order valence-corrected chi connectivity index (χ3v) is 8.78. The number of phosphoric ester groups is 1. The molecule has 0 saturated carbocycles. The van der Waals surface area contributed by atoms with E-state index in [1.807, 2.05) is 13.8 Å². The topological polar surface area (TPSA) is 281 Å². The van der Waals surface area contributed by atoms with Crippen LogP contribution in [0, 0.1) is 17.8 Å². The Labute approximate surface area is 221 Å². The van der Waals surface area contributed by atoms with Gasteiger partial charge in [0, 0.05) is 19.2 Å². The average molecular weight is 615 g/mol. The van der Waals surface area contributed by atoms with E-state index in [1.54, 1.807) is 0 Å². The van der Waals surface area contributed by atoms with Crippen molar-refractivity contribution in [3.63, 3.8) is 0 Å². The second-order valence-corrected chi connectivity index (χ2v) is 13.0. The fourth-order valence-corrected chi connectivity index (χ4v) is 6.65. The molecule has 9 N–H and O–H groups in total. The first-order valence-electron chi connectivity index (χ1n) is 11.1. The van der Waals surface area contributed by atoms with Crippen molar-refractivity contribution in [3.8, 4) is 11.8 Å². The zero-order chi connectivity index (χ0) is 29.2. The number of H-pyrrole nitrogens is 1. The van der Waals surface area contributed by atoms with Crippen LogP contribution in [0.25, 0.3) is 11.0 Å². The molecule has 1 fully saturated rings. The van der Waals surface area contributed by atoms with Crippen LogP contribution in [0.15, 0.2) is 11.0 Å². The fraction of sp³-hybridized carbons (Fsp3) is 0.556. The summed E-state index contributed by atoms with van der Waals surface area (Å²) in [7, 11) is -16.6. The number of fused-ring (bicyclic) bond motifs is 1. The number of aromatic nitrogens is 3. The number of nitrogen functional groups attached to an aromatic ring is 1. The molecular weight excluding hydrogens is 587 g/mol. The fourth-order valence-electron chi connectivity index (χ4n) is 3.62. The highest BCUT2D eigenvalue weighted by Crippen LogP contribution is 2.66. The third kappa shape index (κ3) is 8.78. The van der Waals surface area contributed by atoms with Crippen molar-refractivity contribution >= 4 is 40.4 Å². The number of nitrogens with one attached hydrogen (secondary N) is 1. The van der Waals surface area contributed by atoms with Crippen LogP contribution in [0.1, 0.15) is 32.1 Å². The van der Waals surface area contributed by atoms with E-state index in [0.717, 1.165) is 0 Å². The second kappa shape index (κ2) is 12.3. The summed E-state index contributed by atoms with van der Waals surface area (Å²) in [6, 6.07) is 0. The number of anilines is 1. The first kappa shape index (κ1) is 31.6. The van der Waals surface area contributed by atoms with Crippen molar-refractivity contribution in [2.75, 3.05) is 25.5 Å². The van der Waals surface area contributed by atoms with Gasteiger partial charge in [0.2, 0.25) is 5.95 Å². The van der Waals surface area contributed by atoms with Gasteiger partial charge in [-0.1, -0.05) is 25.7 Å². The van der Waals surface area contributed by atoms with E-state index >= 15 is 0 Å². The summed E-state index contributed by atoms with van der Waals surface area (Å²) in [6.07, 6.45) is -1.03. The lowest BCUT2D eigenvalue weighted by Gasteiger charge is -2.21. The van der Waals surface area contributed by atoms with Crippen molar-refractivity contribution in [2.24, 2.45) is 11.7 Å². The van der Waals surface area contributed by atoms with Gasteiger partial charge in [0.25, 0.3) is 5.56 Å². The quantitative estimate of drug-likeness (QED) is 0.132. The first-order chi connectivity index (χ1) is 18.0. The maximum absolute atomic E-state index is 12.6. The molecule has 0 amide bonds. The highest BCUT2D eigenvalue weighted by molar-refractivity contribution is 7.66. The number of nitrogens with zero attached hydrogens (tertiary/aromatic N) is 2. The minimum atomic E-state index is -5.69. The van der Waals surface area contributed by atoms with Gasteiger partial charge in [-0.2, -0.15) is 13.6 Å². The lowest BCUT2D eigenvalue weighted by molar-refractivity contribution is -0.0629. The van der Waals surface area contributed by atoms with Crippen molar-refractivity contribution in [1.29, 1.82) is 0 Å². The Kier molecular flexibility index (Phi) is 9.96. The lowest BCUT2D eigenvalue weighted by atomic mass is 10.1. The van der Waals surface area contributed by atoms with Crippen LogP contribution in [0.2, 0.25) is 0 Å². The van der Waals surface area contributed by atoms with Crippen LogP contribution in [0.5, 0.6) is 0 Å². The smallest absolute Gasteiger partial charge is 0.375 e. The molecule has 5 atom stereocenters. The minimum Gasteiger partial charge on any atom is -0.375 e. The van der Waals surface area contributed by atoms with Crippen molar-refractivity contribution < 1.29 is 55.9 Å². The SMILES string of the molecule is CC(C)CO[C@@H]1C[C@H](n2cc(C#CCN)c3c(=O)[nH]c(N)nc32)OC1COP(=O)(O)OP(=O)(O)OP(=O)(O)O. The summed E-state index contributed by atoms with van der Waals surface area (Å²) < 4.78 is 60.2. The standard InChI is InChI=1S/C18H28N5O13P3/c1-10(2)8-32-12-6-14(23-7-11(4-3-5-19)15-16(23)21-18(20)22-17(15)24)34-13(12)9-33-38(28,29)36-39(30,31)35-37(25,26)27/h7,10,12-14H,5-6,8-9,19H2,1-2H3,(H,28,29)(H,30,31)(H2,25,26,27)(H3,20,21,22,24)/t12-,13?,14-/m1/s1. The molecule has 1 aliphatic rings. The van der Waals surface area contributed by atoms with E-state index < -0.39 is 54.1 Å². The molecule has 0 aliphatic carbocycles. The summed E-state index contributed by atoms with van der Waals surface area (Å²) in [6.45, 7) is 3.33. The predicted molar refractivity (Wildman–Crippen MR) is 134 cm³/mol. The summed E-state index contributed by atoms with van der Waals surface area (Å²) in [4.78, 5) is 55.7. The zero-order valence-corrected chi connectivity index (χ0v) is 23.3. The van der Waals surface area contributed by atoms with Crippen LogP contribution in [-0.2, 0) is 36.3 Å². The number of ether oxygens (including phenoxy) is 2. The van der Waals surface area contributed by atoms with Crippen LogP contribution in [0.3, 0.4) is 0 Å². The van der Waals surface area contributed by atoms with Gasteiger partial charge < -0.3 is 45.1 Å². The Morgan fingerprint density at radius 2 is 1.92 bits per heavy atom. The summed E-state index contributed by atoms with van der Waals surface area (Å²) in [5.74, 6) is 5.36. The second-order valence-electron chi connectivity index (χ2n) is 8.62. The Morgan fingerprint density at radius 1 is 1.23 bits per heavy atom. The summed E-state index contributed by atoms with van der Waals surface area (Å²) in [5, 5.41) is 0.130. The van der Waals surface area contributed by atoms with Gasteiger partial charge in [-0.05, 0) is 5.92 Å². The molecule has 3 rings (SSSR count). The van der Waals surface area contributed by atoms with E-state index in [4.69, 9.17) is 35.3 Å². The molecule has 1 saturated heterocycles. The molecule has 1 aliphatic heterocycles. The number of aromatic amines is 1. The molecule has 2 aromatic rings. The normalized spacial score (nSPS) is 22.9. The van der Waals surface area contributed by atoms with E-state index in [9.17, 15) is 28.3 Å². The summed E-state index contributed by atoms with van der Waals surface area (Å²) >= 11 is 0. The average Bonchev–Trinajstić information content (AvgIpc) is 3.33. The Bertz CT molecular complexity index is 1460. The van der Waals surface area contributed by atoms with Gasteiger partial charge in [-0.15, -0.1) is 0 Å². The zero-order valence-electron chi connectivity index (χ0n) is 20.6. The third-order valence-electron chi connectivity index (χ3n) is 4.98. The van der Waals surface area contributed by atoms with Crippen molar-refractivity contribution in [1.82, 2.24) is 14.5 Å². The molecule has 0 aromatic carbocycles. The van der Waals surface area contributed by atoms with E-state index in [2.05, 4.69) is 30.4 Å². The van der Waals surface area contributed by atoms with Crippen molar-refractivity contribution in [3.05, 3.63) is 22.1 Å². The van der Waals surface area contributed by atoms with Crippen LogP contribution < -0.4 is 17.0 Å². The van der Waals surface area contributed by atoms with Crippen LogP contribution in [-0.4, -0.2) is 66.1 Å². The van der Waals surface area contributed by atoms with E-state index in [1.165, 1.54) is 10.8 Å². The monoisotopic (exact) mass is 615 g/mol. The molecule has 0 bridgehead atoms.